The van der Waals surface area contributed by atoms with Gasteiger partial charge in [-0.3, -0.25) is 9.52 Å². The molecule has 0 fully saturated rings. The molecule has 0 aromatic heterocycles. The summed E-state index contributed by atoms with van der Waals surface area (Å²) in [6.45, 7) is 5.68. The van der Waals surface area contributed by atoms with Gasteiger partial charge in [-0.25, -0.2) is 8.42 Å². The first-order valence-corrected chi connectivity index (χ1v) is 12.8. The number of carbonyl (C=O) groups is 1. The summed E-state index contributed by atoms with van der Waals surface area (Å²) < 4.78 is 28.3. The summed E-state index contributed by atoms with van der Waals surface area (Å²) in [5.74, 6) is -0.240. The first-order valence-electron chi connectivity index (χ1n) is 11.4. The van der Waals surface area contributed by atoms with Crippen LogP contribution < -0.4 is 10.0 Å². The van der Waals surface area contributed by atoms with E-state index in [4.69, 9.17) is 0 Å². The van der Waals surface area contributed by atoms with Gasteiger partial charge in [0.05, 0.1) is 16.6 Å². The fourth-order valence-electron chi connectivity index (χ4n) is 4.18. The van der Waals surface area contributed by atoms with Crippen molar-refractivity contribution in [1.82, 2.24) is 5.32 Å². The molecule has 5 nitrogen and oxygen atoms in total. The molecule has 0 spiro atoms. The maximum atomic E-state index is 13.0. The van der Waals surface area contributed by atoms with Crippen LogP contribution in [0.1, 0.15) is 64.0 Å². The van der Waals surface area contributed by atoms with Crippen LogP contribution in [-0.2, 0) is 22.9 Å². The van der Waals surface area contributed by atoms with Gasteiger partial charge in [-0.15, -0.1) is 0 Å². The summed E-state index contributed by atoms with van der Waals surface area (Å²) in [5.41, 5.74) is 6.39. The fourth-order valence-corrected chi connectivity index (χ4v) is 5.30. The highest BCUT2D eigenvalue weighted by Crippen LogP contribution is 2.26. The predicted molar refractivity (Wildman–Crippen MR) is 132 cm³/mol. The molecule has 172 valence electrons. The highest BCUT2D eigenvalue weighted by Gasteiger charge is 2.18. The molecular formula is C27H30N2O3S. The van der Waals surface area contributed by atoms with Crippen LogP contribution in [0.5, 0.6) is 0 Å². The molecule has 1 atom stereocenters. The van der Waals surface area contributed by atoms with Crippen LogP contribution in [0.4, 0.5) is 5.69 Å². The summed E-state index contributed by atoms with van der Waals surface area (Å²) in [7, 11) is -3.75. The monoisotopic (exact) mass is 462 g/mol. The molecule has 0 saturated heterocycles. The Balaban J connectivity index is 1.51. The van der Waals surface area contributed by atoms with Crippen molar-refractivity contribution in [1.29, 1.82) is 0 Å². The normalized spacial score (nSPS) is 14.3. The third-order valence-corrected chi connectivity index (χ3v) is 7.68. The summed E-state index contributed by atoms with van der Waals surface area (Å²) in [6, 6.07) is 18.0. The van der Waals surface area contributed by atoms with Crippen LogP contribution in [-0.4, -0.2) is 14.3 Å². The lowest BCUT2D eigenvalue weighted by atomic mass is 9.89. The zero-order chi connectivity index (χ0) is 23.6. The number of benzene rings is 3. The average molecular weight is 463 g/mol. The van der Waals surface area contributed by atoms with Crippen molar-refractivity contribution in [2.45, 2.75) is 57.4 Å². The Hall–Kier alpha value is -3.12. The Bertz CT molecular complexity index is 1280. The van der Waals surface area contributed by atoms with Gasteiger partial charge in [0.15, 0.2) is 0 Å². The Morgan fingerprint density at radius 2 is 1.58 bits per heavy atom. The molecule has 3 aromatic rings. The number of sulfonamides is 1. The number of hydrogen-bond donors (Lipinski definition) is 2. The first kappa shape index (κ1) is 23.1. The van der Waals surface area contributed by atoms with E-state index in [1.54, 1.807) is 42.5 Å². The highest BCUT2D eigenvalue weighted by atomic mass is 32.2. The zero-order valence-corrected chi connectivity index (χ0v) is 20.1. The van der Waals surface area contributed by atoms with Gasteiger partial charge < -0.3 is 5.32 Å². The van der Waals surface area contributed by atoms with Gasteiger partial charge in [0.2, 0.25) is 0 Å². The minimum absolute atomic E-state index is 0.154. The molecule has 0 unspecified atom stereocenters. The van der Waals surface area contributed by atoms with Gasteiger partial charge in [0, 0.05) is 5.56 Å². The van der Waals surface area contributed by atoms with E-state index < -0.39 is 10.0 Å². The predicted octanol–water partition coefficient (Wildman–Crippen LogP) is 5.47. The minimum atomic E-state index is -3.75. The van der Waals surface area contributed by atoms with Gasteiger partial charge in [0.25, 0.3) is 15.9 Å². The van der Waals surface area contributed by atoms with E-state index in [1.807, 2.05) is 20.8 Å². The molecule has 1 aliphatic rings. The highest BCUT2D eigenvalue weighted by molar-refractivity contribution is 7.92. The average Bonchev–Trinajstić information content (AvgIpc) is 2.80. The molecule has 3 aromatic carbocycles. The number of carbonyl (C=O) groups excluding carboxylic acids is 1. The lowest BCUT2D eigenvalue weighted by Crippen LogP contribution is -2.27. The van der Waals surface area contributed by atoms with Gasteiger partial charge in [-0.1, -0.05) is 42.0 Å². The molecule has 0 heterocycles. The number of aryl methyl sites for hydroxylation is 4. The molecule has 6 heteroatoms. The fraction of sp³-hybridized carbons (Fsp3) is 0.296. The standard InChI is InChI=1S/C27H30N2O3S/c1-18-8-14-25(15-9-18)33(31,32)29-26-17-24(11-10-19(26)2)27(30)28-20(3)22-13-12-21-6-4-5-7-23(21)16-22/h8-17,20,29H,4-7H2,1-3H3,(H,28,30)/t20-/m1/s1. The second kappa shape index (κ2) is 9.40. The molecular weight excluding hydrogens is 432 g/mol. The summed E-state index contributed by atoms with van der Waals surface area (Å²) in [5, 5.41) is 3.05. The zero-order valence-electron chi connectivity index (χ0n) is 19.3. The Morgan fingerprint density at radius 3 is 2.30 bits per heavy atom. The quantitative estimate of drug-likeness (QED) is 0.510. The Labute approximate surface area is 196 Å². The maximum Gasteiger partial charge on any atom is 0.261 e. The van der Waals surface area contributed by atoms with Crippen LogP contribution in [0.25, 0.3) is 0 Å². The van der Waals surface area contributed by atoms with E-state index in [9.17, 15) is 13.2 Å². The first-order chi connectivity index (χ1) is 15.7. The van der Waals surface area contributed by atoms with Crippen molar-refractivity contribution in [2.24, 2.45) is 0 Å². The van der Waals surface area contributed by atoms with E-state index in [0.717, 1.165) is 29.5 Å². The topological polar surface area (TPSA) is 75.3 Å². The molecule has 2 N–H and O–H groups in total. The molecule has 0 radical (unpaired) electrons. The molecule has 0 saturated carbocycles. The van der Waals surface area contributed by atoms with E-state index in [2.05, 4.69) is 28.2 Å². The lowest BCUT2D eigenvalue weighted by molar-refractivity contribution is 0.0940. The van der Waals surface area contributed by atoms with Crippen molar-refractivity contribution in [3.63, 3.8) is 0 Å². The second-order valence-electron chi connectivity index (χ2n) is 8.88. The van der Waals surface area contributed by atoms with E-state index in [-0.39, 0.29) is 16.8 Å². The van der Waals surface area contributed by atoms with Crippen molar-refractivity contribution < 1.29 is 13.2 Å². The van der Waals surface area contributed by atoms with Crippen molar-refractivity contribution in [2.75, 3.05) is 4.72 Å². The van der Waals surface area contributed by atoms with Gasteiger partial charge in [-0.05, 0) is 93.0 Å². The maximum absolute atomic E-state index is 13.0. The number of fused-ring (bicyclic) bond motifs is 1. The minimum Gasteiger partial charge on any atom is -0.346 e. The Kier molecular flexibility index (Phi) is 6.56. The third-order valence-electron chi connectivity index (χ3n) is 6.30. The molecule has 1 aliphatic carbocycles. The third kappa shape index (κ3) is 5.28. The number of hydrogen-bond acceptors (Lipinski definition) is 3. The number of nitrogens with one attached hydrogen (secondary N) is 2. The second-order valence-corrected chi connectivity index (χ2v) is 10.6. The lowest BCUT2D eigenvalue weighted by Gasteiger charge is -2.20. The van der Waals surface area contributed by atoms with Crippen molar-refractivity contribution in [3.8, 4) is 0 Å². The summed E-state index contributed by atoms with van der Waals surface area (Å²) in [4.78, 5) is 13.1. The number of anilines is 1. The van der Waals surface area contributed by atoms with Crippen LogP contribution in [0.15, 0.2) is 65.6 Å². The number of amides is 1. The van der Waals surface area contributed by atoms with Crippen molar-refractivity contribution >= 4 is 21.6 Å². The Morgan fingerprint density at radius 1 is 0.879 bits per heavy atom. The largest absolute Gasteiger partial charge is 0.346 e. The molecule has 1 amide bonds. The molecule has 0 aliphatic heterocycles. The van der Waals surface area contributed by atoms with Crippen LogP contribution in [0.3, 0.4) is 0 Å². The van der Waals surface area contributed by atoms with Crippen LogP contribution in [0, 0.1) is 13.8 Å². The van der Waals surface area contributed by atoms with Gasteiger partial charge >= 0.3 is 0 Å². The van der Waals surface area contributed by atoms with E-state index in [0.29, 0.717) is 11.3 Å². The van der Waals surface area contributed by atoms with E-state index >= 15 is 0 Å². The van der Waals surface area contributed by atoms with E-state index in [1.165, 1.54) is 24.0 Å². The summed E-state index contributed by atoms with van der Waals surface area (Å²) >= 11 is 0. The molecule has 33 heavy (non-hydrogen) atoms. The molecule has 4 rings (SSSR count). The van der Waals surface area contributed by atoms with Gasteiger partial charge in [-0.2, -0.15) is 0 Å². The smallest absolute Gasteiger partial charge is 0.261 e. The van der Waals surface area contributed by atoms with Crippen LogP contribution >= 0.6 is 0 Å². The van der Waals surface area contributed by atoms with Crippen LogP contribution in [0.2, 0.25) is 0 Å². The number of rotatable bonds is 6. The van der Waals surface area contributed by atoms with Gasteiger partial charge in [0.1, 0.15) is 0 Å². The summed E-state index contributed by atoms with van der Waals surface area (Å²) in [6.07, 6.45) is 4.66. The molecule has 0 bridgehead atoms. The van der Waals surface area contributed by atoms with Crippen molar-refractivity contribution in [3.05, 3.63) is 94.0 Å². The SMILES string of the molecule is Cc1ccc(S(=O)(=O)Nc2cc(C(=O)N[C@H](C)c3ccc4c(c3)CCCC4)ccc2C)cc1.